The molecule has 2 aliphatic rings. The molecular formula is C25H26N4O4S2. The van der Waals surface area contributed by atoms with E-state index in [9.17, 15) is 14.4 Å². The standard InChI is InChI=1S/C25H26N4O4S2/c1-26-23(31)18-8-4-11-28(18)12-6-13-29(24(32)20-10-5-14-34-20)25-27-17(15-35-25)22-21(30)16-7-2-3-9-19(16)33-22/h2-3,5,7,9-10,14-15,18,22H,4,6,8,11-13H2,1H3,(H,26,31)/t18?,22-/m1/s1. The maximum atomic E-state index is 13.4. The topological polar surface area (TPSA) is 91.8 Å². The minimum atomic E-state index is -0.797. The highest BCUT2D eigenvalue weighted by molar-refractivity contribution is 7.14. The van der Waals surface area contributed by atoms with Crippen LogP contribution in [0.2, 0.25) is 0 Å². The smallest absolute Gasteiger partial charge is 0.270 e. The van der Waals surface area contributed by atoms with Gasteiger partial charge in [-0.05, 0) is 49.4 Å². The number of likely N-dealkylation sites (N-methyl/N-ethyl adjacent to an activating group) is 1. The second-order valence-corrected chi connectivity index (χ2v) is 10.3. The summed E-state index contributed by atoms with van der Waals surface area (Å²) in [5, 5.41) is 6.95. The van der Waals surface area contributed by atoms with Crippen LogP contribution in [0.25, 0.3) is 0 Å². The first-order valence-corrected chi connectivity index (χ1v) is 13.4. The molecule has 4 heterocycles. The van der Waals surface area contributed by atoms with Crippen molar-refractivity contribution in [3.8, 4) is 5.75 Å². The average Bonchev–Trinajstić information content (AvgIpc) is 3.68. The quantitative estimate of drug-likeness (QED) is 0.496. The lowest BCUT2D eigenvalue weighted by atomic mass is 10.1. The first kappa shape index (κ1) is 23.7. The number of para-hydroxylation sites is 1. The Bertz CT molecular complexity index is 1230. The number of aromatic nitrogens is 1. The number of anilines is 1. The monoisotopic (exact) mass is 510 g/mol. The summed E-state index contributed by atoms with van der Waals surface area (Å²) in [5.41, 5.74) is 1.06. The predicted molar refractivity (Wildman–Crippen MR) is 136 cm³/mol. The molecule has 1 N–H and O–H groups in total. The number of ether oxygens (including phenoxy) is 1. The lowest BCUT2D eigenvalue weighted by Crippen LogP contribution is -2.43. The molecule has 1 saturated heterocycles. The molecule has 1 fully saturated rings. The van der Waals surface area contributed by atoms with Crippen molar-refractivity contribution in [2.24, 2.45) is 0 Å². The van der Waals surface area contributed by atoms with E-state index in [1.54, 1.807) is 35.5 Å². The normalized spacial score (nSPS) is 19.4. The Morgan fingerprint density at radius 2 is 2.09 bits per heavy atom. The number of rotatable bonds is 8. The molecule has 0 saturated carbocycles. The van der Waals surface area contributed by atoms with Gasteiger partial charge in [0.1, 0.15) is 11.4 Å². The van der Waals surface area contributed by atoms with Gasteiger partial charge in [0.25, 0.3) is 5.91 Å². The Hall–Kier alpha value is -3.08. The fraction of sp³-hybridized carbons (Fsp3) is 0.360. The van der Waals surface area contributed by atoms with Gasteiger partial charge in [-0.1, -0.05) is 18.2 Å². The molecule has 0 spiro atoms. The molecule has 3 aromatic rings. The summed E-state index contributed by atoms with van der Waals surface area (Å²) >= 11 is 2.72. The molecule has 5 rings (SSSR count). The maximum absolute atomic E-state index is 13.4. The Morgan fingerprint density at radius 1 is 1.23 bits per heavy atom. The largest absolute Gasteiger partial charge is 0.475 e. The number of hydrogen-bond acceptors (Lipinski definition) is 8. The number of carbonyl (C=O) groups excluding carboxylic acids is 3. The van der Waals surface area contributed by atoms with E-state index in [0.717, 1.165) is 19.4 Å². The molecule has 0 aliphatic carbocycles. The van der Waals surface area contributed by atoms with Crippen LogP contribution in [-0.2, 0) is 4.79 Å². The van der Waals surface area contributed by atoms with E-state index >= 15 is 0 Å². The summed E-state index contributed by atoms with van der Waals surface area (Å²) in [6, 6.07) is 10.7. The number of benzene rings is 1. The summed E-state index contributed by atoms with van der Waals surface area (Å²) in [4.78, 5) is 47.5. The molecule has 1 unspecified atom stereocenters. The number of thiophene rings is 1. The summed E-state index contributed by atoms with van der Waals surface area (Å²) in [6.07, 6.45) is 1.74. The first-order valence-electron chi connectivity index (χ1n) is 11.6. The molecule has 2 amide bonds. The summed E-state index contributed by atoms with van der Waals surface area (Å²) in [7, 11) is 1.66. The van der Waals surface area contributed by atoms with Gasteiger partial charge in [-0.25, -0.2) is 4.98 Å². The molecule has 182 valence electrons. The number of thiazole rings is 1. The second kappa shape index (κ2) is 10.3. The summed E-state index contributed by atoms with van der Waals surface area (Å²) in [5.74, 6) is 0.357. The van der Waals surface area contributed by atoms with Crippen molar-refractivity contribution < 1.29 is 19.1 Å². The van der Waals surface area contributed by atoms with Crippen LogP contribution in [0.4, 0.5) is 5.13 Å². The van der Waals surface area contributed by atoms with E-state index in [2.05, 4.69) is 15.2 Å². The van der Waals surface area contributed by atoms with Crippen LogP contribution < -0.4 is 15.0 Å². The van der Waals surface area contributed by atoms with E-state index in [1.807, 2.05) is 23.6 Å². The Balaban J connectivity index is 1.32. The van der Waals surface area contributed by atoms with E-state index in [1.165, 1.54) is 22.7 Å². The molecule has 2 atom stereocenters. The van der Waals surface area contributed by atoms with Gasteiger partial charge in [0, 0.05) is 25.5 Å². The van der Waals surface area contributed by atoms with Crippen molar-refractivity contribution in [2.45, 2.75) is 31.4 Å². The van der Waals surface area contributed by atoms with Crippen LogP contribution in [0.1, 0.15) is 51.1 Å². The molecule has 0 radical (unpaired) electrons. The minimum Gasteiger partial charge on any atom is -0.475 e. The summed E-state index contributed by atoms with van der Waals surface area (Å²) in [6.45, 7) is 2.05. The van der Waals surface area contributed by atoms with Crippen LogP contribution in [0.5, 0.6) is 5.75 Å². The zero-order chi connectivity index (χ0) is 24.4. The Kier molecular flexibility index (Phi) is 6.94. The van der Waals surface area contributed by atoms with Crippen LogP contribution in [-0.4, -0.2) is 60.2 Å². The molecule has 1 aromatic carbocycles. The number of carbonyl (C=O) groups is 3. The van der Waals surface area contributed by atoms with E-state index in [4.69, 9.17) is 4.74 Å². The highest BCUT2D eigenvalue weighted by Crippen LogP contribution is 2.38. The van der Waals surface area contributed by atoms with E-state index in [-0.39, 0.29) is 23.6 Å². The number of fused-ring (bicyclic) bond motifs is 1. The van der Waals surface area contributed by atoms with Crippen molar-refractivity contribution >= 4 is 45.4 Å². The SMILES string of the molecule is CNC(=O)C1CCCN1CCCN(C(=O)c1cccs1)c1nc([C@H]2Oc3ccccc3C2=O)cs1. The highest BCUT2D eigenvalue weighted by atomic mass is 32.1. The number of nitrogens with one attached hydrogen (secondary N) is 1. The average molecular weight is 511 g/mol. The van der Waals surface area contributed by atoms with Crippen molar-refractivity contribution in [1.29, 1.82) is 0 Å². The van der Waals surface area contributed by atoms with Crippen molar-refractivity contribution in [2.75, 3.05) is 31.6 Å². The third-order valence-electron chi connectivity index (χ3n) is 6.36. The molecule has 0 bridgehead atoms. The lowest BCUT2D eigenvalue weighted by molar-refractivity contribution is -0.124. The molecule has 8 nitrogen and oxygen atoms in total. The highest BCUT2D eigenvalue weighted by Gasteiger charge is 2.36. The minimum absolute atomic E-state index is 0.0424. The number of Topliss-reactive ketones (excluding diaryl/α,β-unsaturated/α-hetero) is 1. The number of nitrogens with zero attached hydrogens (tertiary/aromatic N) is 3. The molecule has 35 heavy (non-hydrogen) atoms. The summed E-state index contributed by atoms with van der Waals surface area (Å²) < 4.78 is 5.87. The zero-order valence-electron chi connectivity index (χ0n) is 19.3. The van der Waals surface area contributed by atoms with Crippen LogP contribution in [0.15, 0.2) is 47.2 Å². The number of hydrogen-bond donors (Lipinski definition) is 1. The van der Waals surface area contributed by atoms with Gasteiger partial charge in [0.15, 0.2) is 5.13 Å². The number of likely N-dealkylation sites (tertiary alicyclic amines) is 1. The molecule has 2 aliphatic heterocycles. The molecule has 2 aromatic heterocycles. The Morgan fingerprint density at radius 3 is 2.86 bits per heavy atom. The van der Waals surface area contributed by atoms with Crippen molar-refractivity contribution in [1.82, 2.24) is 15.2 Å². The molecular weight excluding hydrogens is 484 g/mol. The molecule has 10 heteroatoms. The number of ketones is 1. The van der Waals surface area contributed by atoms with Gasteiger partial charge in [-0.15, -0.1) is 22.7 Å². The van der Waals surface area contributed by atoms with Crippen LogP contribution in [0, 0.1) is 0 Å². The van der Waals surface area contributed by atoms with E-state index < -0.39 is 6.10 Å². The van der Waals surface area contributed by atoms with E-state index in [0.29, 0.717) is 46.5 Å². The fourth-order valence-corrected chi connectivity index (χ4v) is 6.15. The third-order valence-corrected chi connectivity index (χ3v) is 8.10. The van der Waals surface area contributed by atoms with Gasteiger partial charge in [0.2, 0.25) is 17.8 Å². The maximum Gasteiger partial charge on any atom is 0.270 e. The van der Waals surface area contributed by atoms with Crippen molar-refractivity contribution in [3.63, 3.8) is 0 Å². The first-order chi connectivity index (χ1) is 17.1. The van der Waals surface area contributed by atoms with Crippen molar-refractivity contribution in [3.05, 3.63) is 63.3 Å². The Labute approximate surface area is 211 Å². The van der Waals surface area contributed by atoms with Gasteiger partial charge < -0.3 is 10.1 Å². The predicted octanol–water partition coefficient (Wildman–Crippen LogP) is 3.77. The third kappa shape index (κ3) is 4.73. The lowest BCUT2D eigenvalue weighted by Gasteiger charge is -2.25. The van der Waals surface area contributed by atoms with Gasteiger partial charge in [-0.3, -0.25) is 24.2 Å². The van der Waals surface area contributed by atoms with Gasteiger partial charge >= 0.3 is 0 Å². The van der Waals surface area contributed by atoms with Crippen LogP contribution >= 0.6 is 22.7 Å². The van der Waals surface area contributed by atoms with Gasteiger partial charge in [0.05, 0.1) is 16.5 Å². The fourth-order valence-electron chi connectivity index (χ4n) is 4.62. The second-order valence-electron chi connectivity index (χ2n) is 8.51. The number of amides is 2. The van der Waals surface area contributed by atoms with Crippen LogP contribution in [0.3, 0.4) is 0 Å². The zero-order valence-corrected chi connectivity index (χ0v) is 20.9. The van der Waals surface area contributed by atoms with Gasteiger partial charge in [-0.2, -0.15) is 0 Å².